The molecule has 0 aliphatic rings. The van der Waals surface area contributed by atoms with Crippen molar-refractivity contribution in [3.8, 4) is 17.2 Å². The Hall–Kier alpha value is -3.06. The normalized spacial score (nSPS) is 11.0. The standard InChI is InChI=1S/C21H18BrNO5/c1-26-18-11-20(28-3)19(27-2)8-12(18)4-6-14-10-16(21(24)25)15-9-13(22)5-7-17(15)23-14/h4-11H,1-3H3,(H,24,25). The molecule has 0 aliphatic heterocycles. The molecule has 6 nitrogen and oxygen atoms in total. The summed E-state index contributed by atoms with van der Waals surface area (Å²) in [6.45, 7) is 0. The van der Waals surface area contributed by atoms with Crippen molar-refractivity contribution in [2.24, 2.45) is 0 Å². The van der Waals surface area contributed by atoms with Crippen molar-refractivity contribution in [2.75, 3.05) is 21.3 Å². The van der Waals surface area contributed by atoms with E-state index < -0.39 is 5.97 Å². The lowest BCUT2D eigenvalue weighted by molar-refractivity contribution is 0.0699. The highest BCUT2D eigenvalue weighted by atomic mass is 79.9. The van der Waals surface area contributed by atoms with E-state index in [1.165, 1.54) is 0 Å². The minimum absolute atomic E-state index is 0.185. The first-order valence-electron chi connectivity index (χ1n) is 8.28. The Labute approximate surface area is 170 Å². The third-order valence-corrected chi connectivity index (χ3v) is 4.68. The van der Waals surface area contributed by atoms with Crippen LogP contribution in [-0.4, -0.2) is 37.4 Å². The Morgan fingerprint density at radius 1 is 0.964 bits per heavy atom. The fourth-order valence-corrected chi connectivity index (χ4v) is 3.20. The van der Waals surface area contributed by atoms with Crippen molar-refractivity contribution in [2.45, 2.75) is 0 Å². The van der Waals surface area contributed by atoms with Gasteiger partial charge in [-0.25, -0.2) is 9.78 Å². The Kier molecular flexibility index (Phi) is 5.84. The molecule has 7 heteroatoms. The van der Waals surface area contributed by atoms with Crippen LogP contribution >= 0.6 is 15.9 Å². The van der Waals surface area contributed by atoms with Crippen LogP contribution in [0, 0.1) is 0 Å². The fraction of sp³-hybridized carbons (Fsp3) is 0.143. The first-order chi connectivity index (χ1) is 13.5. The molecule has 1 heterocycles. The molecule has 0 bridgehead atoms. The van der Waals surface area contributed by atoms with Crippen molar-refractivity contribution in [3.05, 3.63) is 57.7 Å². The van der Waals surface area contributed by atoms with Gasteiger partial charge in [-0.2, -0.15) is 0 Å². The molecule has 0 saturated heterocycles. The highest BCUT2D eigenvalue weighted by Gasteiger charge is 2.13. The van der Waals surface area contributed by atoms with Crippen LogP contribution in [-0.2, 0) is 0 Å². The average Bonchev–Trinajstić information content (AvgIpc) is 2.70. The molecule has 0 atom stereocenters. The number of ether oxygens (including phenoxy) is 3. The van der Waals surface area contributed by atoms with E-state index in [4.69, 9.17) is 14.2 Å². The van der Waals surface area contributed by atoms with Crippen molar-refractivity contribution in [3.63, 3.8) is 0 Å². The Bertz CT molecular complexity index is 1080. The number of hydrogen-bond donors (Lipinski definition) is 1. The maximum atomic E-state index is 11.7. The predicted octanol–water partition coefficient (Wildman–Crippen LogP) is 4.89. The van der Waals surface area contributed by atoms with Crippen molar-refractivity contribution >= 4 is 45.0 Å². The summed E-state index contributed by atoms with van der Waals surface area (Å²) in [6, 6.07) is 10.4. The van der Waals surface area contributed by atoms with Gasteiger partial charge in [0.2, 0.25) is 0 Å². The van der Waals surface area contributed by atoms with Crippen LogP contribution in [0.25, 0.3) is 23.1 Å². The maximum Gasteiger partial charge on any atom is 0.336 e. The van der Waals surface area contributed by atoms with Gasteiger partial charge in [-0.3, -0.25) is 0 Å². The highest BCUT2D eigenvalue weighted by molar-refractivity contribution is 9.10. The molecule has 0 fully saturated rings. The summed E-state index contributed by atoms with van der Waals surface area (Å²) in [6.07, 6.45) is 3.52. The SMILES string of the molecule is COc1cc(OC)c(OC)cc1C=Cc1cc(C(=O)O)c2cc(Br)ccc2n1. The van der Waals surface area contributed by atoms with Crippen LogP contribution in [0.3, 0.4) is 0 Å². The first kappa shape index (κ1) is 19.7. The van der Waals surface area contributed by atoms with E-state index in [0.717, 1.165) is 10.0 Å². The number of methoxy groups -OCH3 is 3. The third-order valence-electron chi connectivity index (χ3n) is 4.19. The lowest BCUT2D eigenvalue weighted by atomic mass is 10.1. The number of carbonyl (C=O) groups is 1. The molecule has 3 aromatic rings. The number of hydrogen-bond acceptors (Lipinski definition) is 5. The molecule has 0 radical (unpaired) electrons. The van der Waals surface area contributed by atoms with Gasteiger partial charge in [0.1, 0.15) is 5.75 Å². The molecule has 0 unspecified atom stereocenters. The summed E-state index contributed by atoms with van der Waals surface area (Å²) in [7, 11) is 4.67. The Morgan fingerprint density at radius 2 is 1.64 bits per heavy atom. The number of fused-ring (bicyclic) bond motifs is 1. The lowest BCUT2D eigenvalue weighted by Crippen LogP contribution is -2.00. The molecule has 0 saturated carbocycles. The topological polar surface area (TPSA) is 77.9 Å². The van der Waals surface area contributed by atoms with Crippen LogP contribution in [0.4, 0.5) is 0 Å². The average molecular weight is 444 g/mol. The van der Waals surface area contributed by atoms with Crippen molar-refractivity contribution < 1.29 is 24.1 Å². The second-order valence-electron chi connectivity index (χ2n) is 5.84. The first-order valence-corrected chi connectivity index (χ1v) is 9.07. The number of carboxylic acids is 1. The number of pyridine rings is 1. The molecule has 3 rings (SSSR count). The molecule has 0 spiro atoms. The Balaban J connectivity index is 2.08. The summed E-state index contributed by atoms with van der Waals surface area (Å²) >= 11 is 3.37. The van der Waals surface area contributed by atoms with Gasteiger partial charge in [0.25, 0.3) is 0 Å². The van der Waals surface area contributed by atoms with Gasteiger partial charge in [0.05, 0.1) is 38.1 Å². The molecular formula is C21H18BrNO5. The monoisotopic (exact) mass is 443 g/mol. The molecule has 0 amide bonds. The maximum absolute atomic E-state index is 11.7. The number of aromatic carboxylic acids is 1. The smallest absolute Gasteiger partial charge is 0.336 e. The van der Waals surface area contributed by atoms with Gasteiger partial charge in [0, 0.05) is 21.5 Å². The molecule has 28 heavy (non-hydrogen) atoms. The third kappa shape index (κ3) is 3.94. The van der Waals surface area contributed by atoms with Crippen LogP contribution in [0.15, 0.2) is 40.9 Å². The van der Waals surface area contributed by atoms with Crippen LogP contribution < -0.4 is 14.2 Å². The number of aromatic nitrogens is 1. The quantitative estimate of drug-likeness (QED) is 0.583. The largest absolute Gasteiger partial charge is 0.496 e. The van der Waals surface area contributed by atoms with Gasteiger partial charge < -0.3 is 19.3 Å². The van der Waals surface area contributed by atoms with Gasteiger partial charge in [-0.05, 0) is 42.5 Å². The van der Waals surface area contributed by atoms with E-state index in [1.54, 1.807) is 63.8 Å². The highest BCUT2D eigenvalue weighted by Crippen LogP contribution is 2.35. The summed E-state index contributed by atoms with van der Waals surface area (Å²) in [5.74, 6) is 0.700. The van der Waals surface area contributed by atoms with Gasteiger partial charge in [0.15, 0.2) is 11.5 Å². The van der Waals surface area contributed by atoms with E-state index in [0.29, 0.717) is 33.8 Å². The van der Waals surface area contributed by atoms with E-state index in [9.17, 15) is 9.90 Å². The van der Waals surface area contributed by atoms with E-state index >= 15 is 0 Å². The van der Waals surface area contributed by atoms with Crippen LogP contribution in [0.2, 0.25) is 0 Å². The summed E-state index contributed by atoms with van der Waals surface area (Å²) in [4.78, 5) is 16.2. The van der Waals surface area contributed by atoms with Crippen LogP contribution in [0.5, 0.6) is 17.2 Å². The van der Waals surface area contributed by atoms with Crippen LogP contribution in [0.1, 0.15) is 21.6 Å². The molecule has 144 valence electrons. The number of benzene rings is 2. The summed E-state index contributed by atoms with van der Waals surface area (Å²) in [5, 5.41) is 10.1. The lowest BCUT2D eigenvalue weighted by Gasteiger charge is -2.12. The molecule has 1 N–H and O–H groups in total. The zero-order chi connectivity index (χ0) is 20.3. The molecule has 2 aromatic carbocycles. The van der Waals surface area contributed by atoms with Crippen molar-refractivity contribution in [1.82, 2.24) is 4.98 Å². The molecule has 1 aromatic heterocycles. The van der Waals surface area contributed by atoms with Gasteiger partial charge >= 0.3 is 5.97 Å². The fourth-order valence-electron chi connectivity index (χ4n) is 2.84. The second kappa shape index (κ2) is 8.31. The van der Waals surface area contributed by atoms with Gasteiger partial charge in [-0.1, -0.05) is 15.9 Å². The molecule has 0 aliphatic carbocycles. The molecular weight excluding hydrogens is 426 g/mol. The second-order valence-corrected chi connectivity index (χ2v) is 6.76. The van der Waals surface area contributed by atoms with E-state index in [2.05, 4.69) is 20.9 Å². The van der Waals surface area contributed by atoms with Gasteiger partial charge in [-0.15, -0.1) is 0 Å². The zero-order valence-electron chi connectivity index (χ0n) is 15.5. The number of nitrogens with zero attached hydrogens (tertiary/aromatic N) is 1. The summed E-state index contributed by atoms with van der Waals surface area (Å²) < 4.78 is 16.8. The number of rotatable bonds is 6. The number of carboxylic acid groups (broad SMARTS) is 1. The van der Waals surface area contributed by atoms with E-state index in [1.807, 2.05) is 6.07 Å². The summed E-state index contributed by atoms with van der Waals surface area (Å²) in [5.41, 5.74) is 2.05. The minimum Gasteiger partial charge on any atom is -0.496 e. The number of halogens is 1. The van der Waals surface area contributed by atoms with Crippen molar-refractivity contribution in [1.29, 1.82) is 0 Å². The minimum atomic E-state index is -1.01. The Morgan fingerprint density at radius 3 is 2.29 bits per heavy atom. The predicted molar refractivity (Wildman–Crippen MR) is 111 cm³/mol. The van der Waals surface area contributed by atoms with E-state index in [-0.39, 0.29) is 5.56 Å². The zero-order valence-corrected chi connectivity index (χ0v) is 17.1.